The Morgan fingerprint density at radius 2 is 2.60 bits per heavy atom. The molecule has 15 heavy (non-hydrogen) atoms. The van der Waals surface area contributed by atoms with E-state index in [-0.39, 0.29) is 0 Å². The standard InChI is InChI=1S/C11H15N3S/c1-14-6-2-3-9(7-14)10-8-15-11(13-10)4-5-12/h8-9H,2-4,6-7H2,1H3. The molecule has 0 aromatic carbocycles. The van der Waals surface area contributed by atoms with Gasteiger partial charge in [0, 0.05) is 17.8 Å². The van der Waals surface area contributed by atoms with Gasteiger partial charge in [0.25, 0.3) is 0 Å². The molecular formula is C11H15N3S. The fraction of sp³-hybridized carbons (Fsp3) is 0.636. The van der Waals surface area contributed by atoms with E-state index in [9.17, 15) is 0 Å². The highest BCUT2D eigenvalue weighted by Crippen LogP contribution is 2.27. The van der Waals surface area contributed by atoms with E-state index in [1.54, 1.807) is 11.3 Å². The van der Waals surface area contributed by atoms with Gasteiger partial charge < -0.3 is 4.90 Å². The van der Waals surface area contributed by atoms with Gasteiger partial charge in [0.1, 0.15) is 5.01 Å². The Kier molecular flexibility index (Phi) is 3.34. The number of likely N-dealkylation sites (N-methyl/N-ethyl adjacent to an activating group) is 1. The van der Waals surface area contributed by atoms with Crippen LogP contribution >= 0.6 is 11.3 Å². The van der Waals surface area contributed by atoms with E-state index in [2.05, 4.69) is 28.4 Å². The van der Waals surface area contributed by atoms with Crippen LogP contribution in [0.15, 0.2) is 5.38 Å². The lowest BCUT2D eigenvalue weighted by Crippen LogP contribution is -2.30. The maximum absolute atomic E-state index is 8.59. The lowest BCUT2D eigenvalue weighted by molar-refractivity contribution is 0.249. The largest absolute Gasteiger partial charge is 0.306 e. The molecule has 2 rings (SSSR count). The van der Waals surface area contributed by atoms with Gasteiger partial charge >= 0.3 is 0 Å². The van der Waals surface area contributed by atoms with Crippen LogP contribution in [-0.4, -0.2) is 30.0 Å². The summed E-state index contributed by atoms with van der Waals surface area (Å²) in [5.41, 5.74) is 1.19. The van der Waals surface area contributed by atoms with Crippen molar-refractivity contribution in [1.29, 1.82) is 5.26 Å². The fourth-order valence-electron chi connectivity index (χ4n) is 2.07. The summed E-state index contributed by atoms with van der Waals surface area (Å²) >= 11 is 1.62. The molecule has 0 spiro atoms. The number of hydrogen-bond acceptors (Lipinski definition) is 4. The molecule has 0 saturated carbocycles. The minimum absolute atomic E-state index is 0.452. The summed E-state index contributed by atoms with van der Waals surface area (Å²) in [7, 11) is 2.16. The zero-order valence-corrected chi connectivity index (χ0v) is 9.76. The van der Waals surface area contributed by atoms with Gasteiger partial charge in [-0.05, 0) is 26.4 Å². The summed E-state index contributed by atoms with van der Waals surface area (Å²) < 4.78 is 0. The molecule has 2 heterocycles. The molecule has 0 amide bonds. The van der Waals surface area contributed by atoms with Crippen LogP contribution in [0.4, 0.5) is 0 Å². The van der Waals surface area contributed by atoms with Crippen molar-refractivity contribution in [1.82, 2.24) is 9.88 Å². The van der Waals surface area contributed by atoms with E-state index in [0.29, 0.717) is 12.3 Å². The van der Waals surface area contributed by atoms with Crippen LogP contribution in [0, 0.1) is 11.3 Å². The molecule has 1 fully saturated rings. The number of hydrogen-bond donors (Lipinski definition) is 0. The molecule has 1 aliphatic heterocycles. The van der Waals surface area contributed by atoms with Crippen molar-refractivity contribution in [3.8, 4) is 6.07 Å². The highest BCUT2D eigenvalue weighted by molar-refractivity contribution is 7.09. The van der Waals surface area contributed by atoms with Gasteiger partial charge in [0.2, 0.25) is 0 Å². The third kappa shape index (κ3) is 2.55. The molecule has 1 saturated heterocycles. The van der Waals surface area contributed by atoms with Crippen molar-refractivity contribution in [2.45, 2.75) is 25.2 Å². The second kappa shape index (κ2) is 4.73. The minimum Gasteiger partial charge on any atom is -0.306 e. The summed E-state index contributed by atoms with van der Waals surface area (Å²) in [5, 5.41) is 11.7. The van der Waals surface area contributed by atoms with Crippen LogP contribution in [0.1, 0.15) is 29.5 Å². The smallest absolute Gasteiger partial charge is 0.107 e. The Labute approximate surface area is 94.4 Å². The van der Waals surface area contributed by atoms with Crippen LogP contribution in [0.25, 0.3) is 0 Å². The Morgan fingerprint density at radius 3 is 3.33 bits per heavy atom. The van der Waals surface area contributed by atoms with E-state index in [0.717, 1.165) is 11.6 Å². The summed E-state index contributed by atoms with van der Waals surface area (Å²) in [6.45, 7) is 2.31. The van der Waals surface area contributed by atoms with Crippen molar-refractivity contribution in [3.63, 3.8) is 0 Å². The van der Waals surface area contributed by atoms with Crippen molar-refractivity contribution < 1.29 is 0 Å². The minimum atomic E-state index is 0.452. The van der Waals surface area contributed by atoms with Crippen molar-refractivity contribution in [3.05, 3.63) is 16.1 Å². The summed E-state index contributed by atoms with van der Waals surface area (Å²) in [6, 6.07) is 2.15. The number of thiazole rings is 1. The predicted octanol–water partition coefficient (Wildman–Crippen LogP) is 2.02. The molecule has 1 aliphatic rings. The van der Waals surface area contributed by atoms with E-state index in [4.69, 9.17) is 5.26 Å². The first-order valence-corrected chi connectivity index (χ1v) is 6.17. The van der Waals surface area contributed by atoms with E-state index >= 15 is 0 Å². The van der Waals surface area contributed by atoms with Crippen molar-refractivity contribution in [2.24, 2.45) is 0 Å². The molecule has 4 heteroatoms. The number of rotatable bonds is 2. The zero-order chi connectivity index (χ0) is 10.7. The molecule has 3 nitrogen and oxygen atoms in total. The van der Waals surface area contributed by atoms with Gasteiger partial charge in [-0.3, -0.25) is 0 Å². The molecule has 80 valence electrons. The molecule has 1 unspecified atom stereocenters. The highest BCUT2D eigenvalue weighted by atomic mass is 32.1. The van der Waals surface area contributed by atoms with Gasteiger partial charge in [-0.25, -0.2) is 4.98 Å². The number of aromatic nitrogens is 1. The number of nitriles is 1. The van der Waals surface area contributed by atoms with E-state index in [1.165, 1.54) is 25.1 Å². The quantitative estimate of drug-likeness (QED) is 0.767. The fourth-order valence-corrected chi connectivity index (χ4v) is 2.88. The average molecular weight is 221 g/mol. The van der Waals surface area contributed by atoms with E-state index in [1.807, 2.05) is 0 Å². The molecule has 0 bridgehead atoms. The highest BCUT2D eigenvalue weighted by Gasteiger charge is 2.20. The SMILES string of the molecule is CN1CCCC(c2csc(CC#N)n2)C1. The second-order valence-electron chi connectivity index (χ2n) is 4.10. The Bertz CT molecular complexity index is 366. The molecular weight excluding hydrogens is 206 g/mol. The first-order chi connectivity index (χ1) is 7.29. The molecule has 1 aromatic heterocycles. The van der Waals surface area contributed by atoms with Crippen molar-refractivity contribution >= 4 is 11.3 Å². The first-order valence-electron chi connectivity index (χ1n) is 5.29. The monoisotopic (exact) mass is 221 g/mol. The van der Waals surface area contributed by atoms with Crippen LogP contribution in [0.2, 0.25) is 0 Å². The average Bonchev–Trinajstić information content (AvgIpc) is 2.67. The first kappa shape index (κ1) is 10.6. The number of piperidine rings is 1. The van der Waals surface area contributed by atoms with Gasteiger partial charge in [0.05, 0.1) is 18.2 Å². The summed E-state index contributed by atoms with van der Waals surface area (Å²) in [6.07, 6.45) is 2.94. The van der Waals surface area contributed by atoms with Crippen LogP contribution < -0.4 is 0 Å². The third-order valence-corrected chi connectivity index (χ3v) is 3.71. The molecule has 1 aromatic rings. The third-order valence-electron chi connectivity index (χ3n) is 2.84. The topological polar surface area (TPSA) is 39.9 Å². The maximum atomic E-state index is 8.59. The van der Waals surface area contributed by atoms with Gasteiger partial charge in [-0.1, -0.05) is 0 Å². The Hall–Kier alpha value is -0.920. The number of nitrogens with zero attached hydrogens (tertiary/aromatic N) is 3. The zero-order valence-electron chi connectivity index (χ0n) is 8.94. The predicted molar refractivity (Wildman–Crippen MR) is 60.9 cm³/mol. The van der Waals surface area contributed by atoms with Gasteiger partial charge in [-0.2, -0.15) is 5.26 Å². The molecule has 0 N–H and O–H groups in total. The summed E-state index contributed by atoms with van der Waals surface area (Å²) in [4.78, 5) is 6.89. The Balaban J connectivity index is 2.05. The van der Waals surface area contributed by atoms with Gasteiger partial charge in [0.15, 0.2) is 0 Å². The van der Waals surface area contributed by atoms with Crippen LogP contribution in [0.3, 0.4) is 0 Å². The Morgan fingerprint density at radius 1 is 1.73 bits per heavy atom. The number of likely N-dealkylation sites (tertiary alicyclic amines) is 1. The van der Waals surface area contributed by atoms with Crippen LogP contribution in [0.5, 0.6) is 0 Å². The normalized spacial score (nSPS) is 22.5. The second-order valence-corrected chi connectivity index (χ2v) is 5.05. The molecule has 1 atom stereocenters. The molecule has 0 aliphatic carbocycles. The lowest BCUT2D eigenvalue weighted by Gasteiger charge is -2.28. The van der Waals surface area contributed by atoms with Crippen LogP contribution in [-0.2, 0) is 6.42 Å². The van der Waals surface area contributed by atoms with E-state index < -0.39 is 0 Å². The van der Waals surface area contributed by atoms with Gasteiger partial charge in [-0.15, -0.1) is 11.3 Å². The maximum Gasteiger partial charge on any atom is 0.107 e. The molecule has 0 radical (unpaired) electrons. The lowest BCUT2D eigenvalue weighted by atomic mass is 9.96. The summed E-state index contributed by atoms with van der Waals surface area (Å²) in [5.74, 6) is 0.576. The van der Waals surface area contributed by atoms with Crippen molar-refractivity contribution in [2.75, 3.05) is 20.1 Å².